The maximum absolute atomic E-state index is 12.1. The third kappa shape index (κ3) is 14.9. The molecule has 0 spiro atoms. The molecule has 0 aromatic heterocycles. The van der Waals surface area contributed by atoms with Gasteiger partial charge < -0.3 is 30.0 Å². The van der Waals surface area contributed by atoms with Gasteiger partial charge >= 0.3 is 6.03 Å². The molecule has 182 valence electrons. The van der Waals surface area contributed by atoms with Gasteiger partial charge in [0.2, 0.25) is 0 Å². The van der Waals surface area contributed by atoms with E-state index in [9.17, 15) is 14.7 Å². The minimum Gasteiger partial charge on any atom is -0.550 e. The Labute approximate surface area is 194 Å². The van der Waals surface area contributed by atoms with Crippen molar-refractivity contribution in [1.29, 1.82) is 0 Å². The number of carbonyl (C=O) groups is 2. The number of amides is 2. The van der Waals surface area contributed by atoms with Gasteiger partial charge in [0, 0.05) is 52.3 Å². The van der Waals surface area contributed by atoms with Gasteiger partial charge in [0.05, 0.1) is 25.4 Å². The Morgan fingerprint density at radius 2 is 1.62 bits per heavy atom. The van der Waals surface area contributed by atoms with Crippen LogP contribution in [0.15, 0.2) is 24.3 Å². The van der Waals surface area contributed by atoms with Crippen LogP contribution in [-0.4, -0.2) is 64.0 Å². The van der Waals surface area contributed by atoms with E-state index in [1.165, 1.54) is 19.3 Å². The predicted molar refractivity (Wildman–Crippen MR) is 130 cm³/mol. The summed E-state index contributed by atoms with van der Waals surface area (Å²) in [7, 11) is -1.23. The predicted octanol–water partition coefficient (Wildman–Crippen LogP) is 3.52. The number of ether oxygens (including phenoxy) is 2. The van der Waals surface area contributed by atoms with Crippen LogP contribution in [0.4, 0.5) is 4.79 Å². The molecule has 0 unspecified atom stereocenters. The highest BCUT2D eigenvalue weighted by Gasteiger charge is 2.25. The topological polar surface area (TPSA) is 99.7 Å². The lowest BCUT2D eigenvalue weighted by atomic mass is 10.2. The van der Waals surface area contributed by atoms with Gasteiger partial charge in [-0.25, -0.2) is 4.79 Å². The third-order valence-electron chi connectivity index (χ3n) is 4.71. The van der Waals surface area contributed by atoms with Crippen molar-refractivity contribution in [2.45, 2.75) is 57.9 Å². The molecule has 7 nitrogen and oxygen atoms in total. The van der Waals surface area contributed by atoms with Gasteiger partial charge in [-0.05, 0) is 31.4 Å². The van der Waals surface area contributed by atoms with Crippen molar-refractivity contribution in [2.24, 2.45) is 0 Å². The zero-order valence-electron chi connectivity index (χ0n) is 20.2. The maximum Gasteiger partial charge on any atom is 0.315 e. The second-order valence-corrected chi connectivity index (χ2v) is 14.0. The first-order valence-corrected chi connectivity index (χ1v) is 14.9. The van der Waals surface area contributed by atoms with E-state index in [1.807, 2.05) is 24.3 Å². The zero-order valence-corrected chi connectivity index (χ0v) is 21.0. The number of carboxylic acid groups (broad SMARTS) is 1. The van der Waals surface area contributed by atoms with Crippen LogP contribution >= 0.6 is 7.26 Å². The number of hydrogen-bond acceptors (Lipinski definition) is 5. The molecule has 0 aliphatic carbocycles. The SMILES string of the molecule is CCCCCCOc1cccc(OCCCCNC(=O)N[C@H](CC(=O)[O-])C[P+](C)(C)C)c1. The molecule has 0 saturated carbocycles. The molecule has 0 fully saturated rings. The molecule has 0 heterocycles. The molecular formula is C24H41N2O5P. The van der Waals surface area contributed by atoms with Crippen LogP contribution < -0.4 is 25.2 Å². The third-order valence-corrected chi connectivity index (χ3v) is 6.25. The second-order valence-electron chi connectivity index (χ2n) is 9.09. The molecule has 0 radical (unpaired) electrons. The van der Waals surface area contributed by atoms with Gasteiger partial charge in [-0.15, -0.1) is 0 Å². The van der Waals surface area contributed by atoms with Gasteiger partial charge in [0.15, 0.2) is 0 Å². The average molecular weight is 469 g/mol. The Morgan fingerprint density at radius 3 is 2.19 bits per heavy atom. The fourth-order valence-corrected chi connectivity index (χ4v) is 4.79. The summed E-state index contributed by atoms with van der Waals surface area (Å²) < 4.78 is 11.6. The lowest BCUT2D eigenvalue weighted by Crippen LogP contribution is -2.46. The highest BCUT2D eigenvalue weighted by molar-refractivity contribution is 7.73. The summed E-state index contributed by atoms with van der Waals surface area (Å²) in [5.74, 6) is 0.449. The molecule has 0 bridgehead atoms. The van der Waals surface area contributed by atoms with Crippen molar-refractivity contribution in [3.63, 3.8) is 0 Å². The number of rotatable bonds is 17. The Bertz CT molecular complexity index is 679. The van der Waals surface area contributed by atoms with E-state index >= 15 is 0 Å². The summed E-state index contributed by atoms with van der Waals surface area (Å²) in [5.41, 5.74) is 0. The van der Waals surface area contributed by atoms with Crippen LogP contribution in [0.25, 0.3) is 0 Å². The van der Waals surface area contributed by atoms with Crippen molar-refractivity contribution in [1.82, 2.24) is 10.6 Å². The minimum absolute atomic E-state index is 0.167. The Hall–Kier alpha value is -2.01. The number of benzene rings is 1. The van der Waals surface area contributed by atoms with Gasteiger partial charge in [-0.1, -0.05) is 32.3 Å². The number of aliphatic carboxylic acids is 1. The summed E-state index contributed by atoms with van der Waals surface area (Å²) in [4.78, 5) is 23.0. The van der Waals surface area contributed by atoms with E-state index in [0.29, 0.717) is 19.3 Å². The van der Waals surface area contributed by atoms with E-state index in [1.54, 1.807) is 0 Å². The van der Waals surface area contributed by atoms with E-state index in [0.717, 1.165) is 37.4 Å². The number of hydrogen-bond donors (Lipinski definition) is 2. The Kier molecular flexibility index (Phi) is 13.8. The first-order chi connectivity index (χ1) is 15.2. The van der Waals surface area contributed by atoms with Crippen molar-refractivity contribution in [3.8, 4) is 11.5 Å². The van der Waals surface area contributed by atoms with Crippen LogP contribution in [0, 0.1) is 0 Å². The maximum atomic E-state index is 12.1. The number of urea groups is 1. The largest absolute Gasteiger partial charge is 0.550 e. The summed E-state index contributed by atoms with van der Waals surface area (Å²) >= 11 is 0. The fraction of sp³-hybridized carbons (Fsp3) is 0.667. The standard InChI is InChI=1S/C24H41N2O5P/c1-5-6-7-9-15-30-21-12-11-13-22(18-21)31-16-10-8-14-25-24(29)26-20(17-23(27)28)19-32(2,3)4/h11-13,18,20H,5-10,14-17,19H2,1-4H3,(H2-,25,26,27,28,29)/t20-/m1/s1. The Balaban J connectivity index is 2.22. The molecule has 0 aliphatic heterocycles. The van der Waals surface area contributed by atoms with Crippen LogP contribution in [0.2, 0.25) is 0 Å². The molecular weight excluding hydrogens is 427 g/mol. The number of carbonyl (C=O) groups excluding carboxylic acids is 2. The first-order valence-electron chi connectivity index (χ1n) is 11.6. The van der Waals surface area contributed by atoms with Crippen LogP contribution in [0.5, 0.6) is 11.5 Å². The van der Waals surface area contributed by atoms with E-state index in [4.69, 9.17) is 9.47 Å². The van der Waals surface area contributed by atoms with E-state index in [2.05, 4.69) is 37.6 Å². The van der Waals surface area contributed by atoms with Crippen molar-refractivity contribution in [3.05, 3.63) is 24.3 Å². The monoisotopic (exact) mass is 468 g/mol. The summed E-state index contributed by atoms with van der Waals surface area (Å²) in [5, 5.41) is 16.5. The van der Waals surface area contributed by atoms with Crippen molar-refractivity contribution >= 4 is 19.3 Å². The van der Waals surface area contributed by atoms with E-state index in [-0.39, 0.29) is 12.5 Å². The summed E-state index contributed by atoms with van der Waals surface area (Å²) in [6, 6.07) is 6.93. The van der Waals surface area contributed by atoms with Crippen molar-refractivity contribution in [2.75, 3.05) is 45.9 Å². The summed E-state index contributed by atoms with van der Waals surface area (Å²) in [6.07, 6.45) is 6.76. The first kappa shape index (κ1) is 28.0. The van der Waals surface area contributed by atoms with Gasteiger partial charge in [0.1, 0.15) is 11.5 Å². The fourth-order valence-electron chi connectivity index (χ4n) is 3.25. The van der Waals surface area contributed by atoms with Crippen molar-refractivity contribution < 1.29 is 24.2 Å². The van der Waals surface area contributed by atoms with Gasteiger partial charge in [0.25, 0.3) is 0 Å². The molecule has 0 saturated heterocycles. The normalized spacial score (nSPS) is 12.1. The average Bonchev–Trinajstić information content (AvgIpc) is 2.69. The highest BCUT2D eigenvalue weighted by Crippen LogP contribution is 2.47. The smallest absolute Gasteiger partial charge is 0.315 e. The zero-order chi connectivity index (χ0) is 23.8. The summed E-state index contributed by atoms with van der Waals surface area (Å²) in [6.45, 7) is 10.3. The highest BCUT2D eigenvalue weighted by atomic mass is 31.2. The van der Waals surface area contributed by atoms with Gasteiger partial charge in [-0.2, -0.15) is 0 Å². The van der Waals surface area contributed by atoms with E-state index < -0.39 is 19.3 Å². The molecule has 2 amide bonds. The molecule has 1 aromatic carbocycles. The molecule has 2 N–H and O–H groups in total. The molecule has 32 heavy (non-hydrogen) atoms. The second kappa shape index (κ2) is 15.7. The molecule has 8 heteroatoms. The quantitative estimate of drug-likeness (QED) is 0.269. The minimum atomic E-state index is -1.23. The molecule has 1 aromatic rings. The lowest BCUT2D eigenvalue weighted by Gasteiger charge is -2.23. The molecule has 1 rings (SSSR count). The number of unbranched alkanes of at least 4 members (excludes halogenated alkanes) is 4. The van der Waals surface area contributed by atoms with Crippen LogP contribution in [-0.2, 0) is 4.79 Å². The number of carboxylic acids is 1. The number of nitrogens with one attached hydrogen (secondary N) is 2. The van der Waals surface area contributed by atoms with Crippen LogP contribution in [0.3, 0.4) is 0 Å². The van der Waals surface area contributed by atoms with Gasteiger partial charge in [-0.3, -0.25) is 0 Å². The van der Waals surface area contributed by atoms with Crippen LogP contribution in [0.1, 0.15) is 51.9 Å². The lowest BCUT2D eigenvalue weighted by molar-refractivity contribution is -0.306. The Morgan fingerprint density at radius 1 is 1.00 bits per heavy atom. The molecule has 0 aliphatic rings. The molecule has 1 atom stereocenters.